The molecule has 0 fully saturated rings. The van der Waals surface area contributed by atoms with Gasteiger partial charge in [0, 0.05) is 18.1 Å². The first-order chi connectivity index (χ1) is 14.9. The maximum atomic E-state index is 12.2. The molecule has 0 saturated heterocycles. The summed E-state index contributed by atoms with van der Waals surface area (Å²) in [5.74, 6) is -0.194. The largest absolute Gasteiger partial charge is 0.486 e. The van der Waals surface area contributed by atoms with E-state index >= 15 is 0 Å². The highest BCUT2D eigenvalue weighted by molar-refractivity contribution is 6.32. The van der Waals surface area contributed by atoms with Crippen LogP contribution < -0.4 is 15.7 Å². The summed E-state index contributed by atoms with van der Waals surface area (Å²) < 4.78 is 15.4. The van der Waals surface area contributed by atoms with Gasteiger partial charge in [0.25, 0.3) is 5.91 Å². The van der Waals surface area contributed by atoms with Crippen LogP contribution in [0.25, 0.3) is 11.1 Å². The van der Waals surface area contributed by atoms with E-state index in [-0.39, 0.29) is 24.1 Å². The number of benzene rings is 2. The molecule has 8 heteroatoms. The van der Waals surface area contributed by atoms with E-state index in [9.17, 15) is 14.4 Å². The molecule has 0 spiro atoms. The van der Waals surface area contributed by atoms with E-state index in [1.54, 1.807) is 24.3 Å². The predicted molar refractivity (Wildman–Crippen MR) is 114 cm³/mol. The molecule has 1 N–H and O–H groups in total. The van der Waals surface area contributed by atoms with Crippen molar-refractivity contribution in [3.05, 3.63) is 86.9 Å². The Morgan fingerprint density at radius 3 is 2.71 bits per heavy atom. The van der Waals surface area contributed by atoms with Crippen molar-refractivity contribution in [3.63, 3.8) is 0 Å². The number of nitrogens with one attached hydrogen (secondary N) is 1. The Morgan fingerprint density at radius 1 is 1.13 bits per heavy atom. The van der Waals surface area contributed by atoms with Gasteiger partial charge in [-0.3, -0.25) is 4.79 Å². The second-order valence-corrected chi connectivity index (χ2v) is 7.42. The summed E-state index contributed by atoms with van der Waals surface area (Å²) in [6.07, 6.45) is 1.39. The number of hydrogen-bond acceptors (Lipinski definition) is 6. The zero-order valence-corrected chi connectivity index (χ0v) is 17.3. The normalized spacial score (nSPS) is 14.5. The first-order valence-electron chi connectivity index (χ1n) is 9.49. The lowest BCUT2D eigenvalue weighted by Gasteiger charge is -2.12. The molecule has 158 valence electrons. The number of amides is 1. The Morgan fingerprint density at radius 2 is 1.97 bits per heavy atom. The van der Waals surface area contributed by atoms with Gasteiger partial charge >= 0.3 is 11.6 Å². The summed E-state index contributed by atoms with van der Waals surface area (Å²) in [4.78, 5) is 35.0. The maximum Gasteiger partial charge on any atom is 0.337 e. The van der Waals surface area contributed by atoms with Crippen LogP contribution in [0.1, 0.15) is 26.3 Å². The summed E-state index contributed by atoms with van der Waals surface area (Å²) >= 11 is 6.45. The molecule has 0 aliphatic carbocycles. The van der Waals surface area contributed by atoms with Crippen LogP contribution in [0.4, 0.5) is 0 Å². The summed E-state index contributed by atoms with van der Waals surface area (Å²) in [6, 6.07) is 13.4. The Hall–Kier alpha value is -3.58. The minimum absolute atomic E-state index is 0.251. The van der Waals surface area contributed by atoms with Gasteiger partial charge in [-0.15, -0.1) is 0 Å². The van der Waals surface area contributed by atoms with Gasteiger partial charge in [0.2, 0.25) is 0 Å². The zero-order chi connectivity index (χ0) is 22.0. The van der Waals surface area contributed by atoms with E-state index in [1.807, 2.05) is 12.1 Å². The van der Waals surface area contributed by atoms with Gasteiger partial charge in [0.05, 0.1) is 29.8 Å². The molecule has 2 heterocycles. The molecule has 1 aliphatic rings. The molecule has 0 bridgehead atoms. The average molecular weight is 440 g/mol. The fourth-order valence-electron chi connectivity index (χ4n) is 3.41. The lowest BCUT2D eigenvalue weighted by atomic mass is 9.99. The van der Waals surface area contributed by atoms with Crippen molar-refractivity contribution in [3.8, 4) is 16.9 Å². The number of esters is 1. The Labute approximate surface area is 182 Å². The van der Waals surface area contributed by atoms with Gasteiger partial charge in [0.15, 0.2) is 0 Å². The molecule has 0 unspecified atom stereocenters. The zero-order valence-electron chi connectivity index (χ0n) is 16.5. The second-order valence-electron chi connectivity index (χ2n) is 7.02. The third-order valence-corrected chi connectivity index (χ3v) is 5.20. The summed E-state index contributed by atoms with van der Waals surface area (Å²) in [6.45, 7) is 0.260. The van der Waals surface area contributed by atoms with Crippen molar-refractivity contribution >= 4 is 23.5 Å². The molecule has 1 amide bonds. The first kappa shape index (κ1) is 20.7. The third kappa shape index (κ3) is 4.46. The maximum absolute atomic E-state index is 12.2. The number of rotatable bonds is 5. The van der Waals surface area contributed by atoms with Gasteiger partial charge < -0.3 is 19.2 Å². The Bertz CT molecular complexity index is 1200. The second kappa shape index (κ2) is 8.65. The average Bonchev–Trinajstić information content (AvgIpc) is 3.21. The van der Waals surface area contributed by atoms with Crippen molar-refractivity contribution < 1.29 is 23.5 Å². The minimum atomic E-state index is -0.520. The molecule has 31 heavy (non-hydrogen) atoms. The molecular weight excluding hydrogens is 422 g/mol. The quantitative estimate of drug-likeness (QED) is 0.611. The standard InChI is InChI=1S/C23H18ClNO6/c1-29-23(28)14-4-2-3-13(7-14)16-8-17-9-18(31-21(17)19(24)10-16)11-25-22(27)15-5-6-20(26)30-12-15/h2-8,10,12,18H,9,11H2,1H3,(H,25,27)/t18-/m1/s1. The molecule has 1 atom stereocenters. The van der Waals surface area contributed by atoms with E-state index in [1.165, 1.54) is 19.2 Å². The SMILES string of the molecule is COC(=O)c1cccc(-c2cc(Cl)c3c(c2)C[C@H](CNC(=O)c2ccc(=O)oc2)O3)c1. The van der Waals surface area contributed by atoms with Crippen LogP contribution in [0.2, 0.25) is 5.02 Å². The summed E-state index contributed by atoms with van der Waals surface area (Å²) in [5, 5.41) is 3.22. The van der Waals surface area contributed by atoms with Crippen molar-refractivity contribution in [2.45, 2.75) is 12.5 Å². The summed E-state index contributed by atoms with van der Waals surface area (Å²) in [5.41, 5.74) is 2.77. The number of carbonyl (C=O) groups excluding carboxylic acids is 2. The van der Waals surface area contributed by atoms with E-state index in [0.717, 1.165) is 23.0 Å². The molecule has 7 nitrogen and oxygen atoms in total. The van der Waals surface area contributed by atoms with Gasteiger partial charge in [-0.05, 0) is 41.5 Å². The Balaban J connectivity index is 1.47. The van der Waals surface area contributed by atoms with Crippen molar-refractivity contribution in [1.82, 2.24) is 5.32 Å². The third-order valence-electron chi connectivity index (χ3n) is 4.92. The topological polar surface area (TPSA) is 94.8 Å². The van der Waals surface area contributed by atoms with Gasteiger partial charge in [0.1, 0.15) is 18.1 Å². The van der Waals surface area contributed by atoms with Crippen LogP contribution >= 0.6 is 11.6 Å². The molecule has 0 radical (unpaired) electrons. The molecule has 1 aromatic heterocycles. The van der Waals surface area contributed by atoms with Gasteiger partial charge in [-0.2, -0.15) is 0 Å². The minimum Gasteiger partial charge on any atom is -0.486 e. The van der Waals surface area contributed by atoms with E-state index in [2.05, 4.69) is 5.32 Å². The lowest BCUT2D eigenvalue weighted by Crippen LogP contribution is -2.34. The molecule has 2 aromatic carbocycles. The number of ether oxygens (including phenoxy) is 2. The van der Waals surface area contributed by atoms with Gasteiger partial charge in [-0.1, -0.05) is 23.7 Å². The van der Waals surface area contributed by atoms with Crippen molar-refractivity contribution in [2.24, 2.45) is 0 Å². The molecule has 3 aromatic rings. The van der Waals surface area contributed by atoms with Gasteiger partial charge in [-0.25, -0.2) is 9.59 Å². The van der Waals surface area contributed by atoms with Crippen LogP contribution in [0.5, 0.6) is 5.75 Å². The number of methoxy groups -OCH3 is 1. The lowest BCUT2D eigenvalue weighted by molar-refractivity contribution is 0.0600. The van der Waals surface area contributed by atoms with Crippen LogP contribution in [-0.2, 0) is 11.2 Å². The molecule has 4 rings (SSSR count). The highest BCUT2D eigenvalue weighted by Gasteiger charge is 2.26. The fraction of sp³-hybridized carbons (Fsp3) is 0.174. The number of halogens is 1. The molecule has 1 aliphatic heterocycles. The number of hydrogen-bond donors (Lipinski definition) is 1. The van der Waals surface area contributed by atoms with E-state index < -0.39 is 11.6 Å². The van der Waals surface area contributed by atoms with Crippen LogP contribution in [0.3, 0.4) is 0 Å². The first-order valence-corrected chi connectivity index (χ1v) is 9.87. The van der Waals surface area contributed by atoms with Crippen LogP contribution in [-0.4, -0.2) is 31.6 Å². The number of carbonyl (C=O) groups is 2. The van der Waals surface area contributed by atoms with E-state index in [0.29, 0.717) is 22.8 Å². The molecule has 0 saturated carbocycles. The highest BCUT2D eigenvalue weighted by Crippen LogP contribution is 2.39. The monoisotopic (exact) mass is 439 g/mol. The van der Waals surface area contributed by atoms with Crippen molar-refractivity contribution in [1.29, 1.82) is 0 Å². The highest BCUT2D eigenvalue weighted by atomic mass is 35.5. The fourth-order valence-corrected chi connectivity index (χ4v) is 3.69. The molecular formula is C23H18ClNO6. The smallest absolute Gasteiger partial charge is 0.337 e. The predicted octanol–water partition coefficient (Wildman–Crippen LogP) is 3.48. The van der Waals surface area contributed by atoms with E-state index in [4.69, 9.17) is 25.5 Å². The van der Waals surface area contributed by atoms with Crippen LogP contribution in [0, 0.1) is 0 Å². The van der Waals surface area contributed by atoms with Crippen LogP contribution in [0.15, 0.2) is 64.0 Å². The Kier molecular flexibility index (Phi) is 5.77. The number of fused-ring (bicyclic) bond motifs is 1. The van der Waals surface area contributed by atoms with Crippen molar-refractivity contribution in [2.75, 3.05) is 13.7 Å². The summed E-state index contributed by atoms with van der Waals surface area (Å²) in [7, 11) is 1.34.